The molecular formula is C51H99NO5. The molecule has 0 radical (unpaired) electrons. The quantitative estimate of drug-likeness (QED) is 0.0323. The van der Waals surface area contributed by atoms with Gasteiger partial charge in [-0.2, -0.15) is 0 Å². The molecule has 6 nitrogen and oxygen atoms in total. The minimum Gasteiger partial charge on any atom is -0.462 e. The van der Waals surface area contributed by atoms with E-state index in [1.54, 1.807) is 0 Å². The van der Waals surface area contributed by atoms with Gasteiger partial charge in [0.2, 0.25) is 5.91 Å². The van der Waals surface area contributed by atoms with Gasteiger partial charge in [0, 0.05) is 6.42 Å². The number of allylic oxidation sites excluding steroid dienone is 2. The first kappa shape index (κ1) is 55.6. The Hall–Kier alpha value is -1.40. The summed E-state index contributed by atoms with van der Waals surface area (Å²) in [5.74, 6) is -0.474. The highest BCUT2D eigenvalue weighted by Gasteiger charge is 2.24. The molecule has 0 aliphatic rings. The highest BCUT2D eigenvalue weighted by atomic mass is 16.5. The molecule has 0 fully saturated rings. The van der Waals surface area contributed by atoms with Crippen LogP contribution in [0.3, 0.4) is 0 Å². The van der Waals surface area contributed by atoms with E-state index in [0.29, 0.717) is 19.3 Å². The van der Waals surface area contributed by atoms with Gasteiger partial charge in [-0.15, -0.1) is 0 Å². The Kier molecular flexibility index (Phi) is 44.6. The highest BCUT2D eigenvalue weighted by molar-refractivity contribution is 5.77. The van der Waals surface area contributed by atoms with E-state index in [-0.39, 0.29) is 24.9 Å². The summed E-state index contributed by atoms with van der Waals surface area (Å²) in [7, 11) is 0. The van der Waals surface area contributed by atoms with Crippen LogP contribution in [0.2, 0.25) is 0 Å². The summed E-state index contributed by atoms with van der Waals surface area (Å²) in [5.41, 5.74) is 0. The molecule has 1 amide bonds. The van der Waals surface area contributed by atoms with Crippen molar-refractivity contribution in [2.45, 2.75) is 296 Å². The van der Waals surface area contributed by atoms with Gasteiger partial charge in [0.05, 0.1) is 25.2 Å². The number of carbonyl (C=O) groups is 2. The summed E-state index contributed by atoms with van der Waals surface area (Å²) in [5, 5.41) is 23.7. The van der Waals surface area contributed by atoms with E-state index >= 15 is 0 Å². The Morgan fingerprint density at radius 2 is 0.842 bits per heavy atom. The summed E-state index contributed by atoms with van der Waals surface area (Å²) in [6, 6.07) is -0.698. The zero-order valence-electron chi connectivity index (χ0n) is 38.5. The monoisotopic (exact) mass is 806 g/mol. The summed E-state index contributed by atoms with van der Waals surface area (Å²) < 4.78 is 5.92. The van der Waals surface area contributed by atoms with Crippen LogP contribution in [0.5, 0.6) is 0 Å². The number of hydrogen-bond donors (Lipinski definition) is 3. The molecule has 6 heteroatoms. The van der Waals surface area contributed by atoms with Crippen LogP contribution in [0.4, 0.5) is 0 Å². The third kappa shape index (κ3) is 41.1. The number of carbonyl (C=O) groups excluding carboxylic acids is 2. The fourth-order valence-corrected chi connectivity index (χ4v) is 7.96. The van der Waals surface area contributed by atoms with Gasteiger partial charge in [0.25, 0.3) is 0 Å². The molecule has 0 aromatic carbocycles. The predicted octanol–water partition coefficient (Wildman–Crippen LogP) is 15.0. The van der Waals surface area contributed by atoms with Crippen molar-refractivity contribution in [3.8, 4) is 0 Å². The molecule has 0 aliphatic carbocycles. The van der Waals surface area contributed by atoms with E-state index in [2.05, 4.69) is 38.2 Å². The number of rotatable bonds is 46. The number of hydrogen-bond acceptors (Lipinski definition) is 5. The van der Waals surface area contributed by atoms with E-state index in [1.807, 2.05) is 0 Å². The second-order valence-corrected chi connectivity index (χ2v) is 17.6. The minimum atomic E-state index is -0.784. The lowest BCUT2D eigenvalue weighted by molar-refractivity contribution is -0.151. The molecule has 3 unspecified atom stereocenters. The molecule has 0 aromatic rings. The molecule has 0 saturated carbocycles. The third-order valence-corrected chi connectivity index (χ3v) is 11.8. The lowest BCUT2D eigenvalue weighted by Gasteiger charge is -2.24. The lowest BCUT2D eigenvalue weighted by atomic mass is 10.0. The molecule has 57 heavy (non-hydrogen) atoms. The third-order valence-electron chi connectivity index (χ3n) is 11.8. The number of aliphatic hydroxyl groups excluding tert-OH is 2. The molecule has 338 valence electrons. The number of ether oxygens (including phenoxy) is 1. The van der Waals surface area contributed by atoms with Gasteiger partial charge in [-0.3, -0.25) is 9.59 Å². The van der Waals surface area contributed by atoms with E-state index < -0.39 is 18.2 Å². The maximum absolute atomic E-state index is 13.2. The molecular weight excluding hydrogens is 707 g/mol. The maximum atomic E-state index is 13.2. The van der Waals surface area contributed by atoms with Gasteiger partial charge in [-0.05, 0) is 51.4 Å². The van der Waals surface area contributed by atoms with Gasteiger partial charge in [0.15, 0.2) is 0 Å². The zero-order valence-corrected chi connectivity index (χ0v) is 38.5. The first-order valence-electron chi connectivity index (χ1n) is 25.4. The van der Waals surface area contributed by atoms with Gasteiger partial charge in [-0.25, -0.2) is 0 Å². The van der Waals surface area contributed by atoms with Crippen molar-refractivity contribution < 1.29 is 24.5 Å². The molecule has 3 atom stereocenters. The van der Waals surface area contributed by atoms with E-state index in [0.717, 1.165) is 64.2 Å². The first-order valence-corrected chi connectivity index (χ1v) is 25.4. The van der Waals surface area contributed by atoms with Gasteiger partial charge < -0.3 is 20.3 Å². The van der Waals surface area contributed by atoms with Crippen LogP contribution in [0.15, 0.2) is 12.2 Å². The standard InChI is InChI=1S/C51H99NO5/c1-4-7-10-13-16-19-21-23-25-27-29-32-35-38-41-44-51(56)57-47(42-39-36-33-31-28-26-24-22-20-17-14-11-8-5-2)45-50(55)52-48(46-53)49(54)43-40-37-34-30-18-15-12-9-6-3/h26,28,47-49,53-54H,4-25,27,29-46H2,1-3H3,(H,52,55)/b28-26+. The Bertz CT molecular complexity index is 863. The number of esters is 1. The molecule has 0 saturated heterocycles. The van der Waals surface area contributed by atoms with Crippen molar-refractivity contribution in [3.63, 3.8) is 0 Å². The van der Waals surface area contributed by atoms with Crippen molar-refractivity contribution in [2.75, 3.05) is 6.61 Å². The van der Waals surface area contributed by atoms with Gasteiger partial charge in [-0.1, -0.05) is 226 Å². The lowest BCUT2D eigenvalue weighted by Crippen LogP contribution is -2.46. The van der Waals surface area contributed by atoms with Crippen molar-refractivity contribution in [1.29, 1.82) is 0 Å². The van der Waals surface area contributed by atoms with Crippen LogP contribution in [-0.4, -0.2) is 46.9 Å². The summed E-state index contributed by atoms with van der Waals surface area (Å²) in [4.78, 5) is 26.1. The summed E-state index contributed by atoms with van der Waals surface area (Å²) in [6.45, 7) is 6.47. The Balaban J connectivity index is 4.55. The number of amides is 1. The smallest absolute Gasteiger partial charge is 0.306 e. The number of nitrogens with one attached hydrogen (secondary N) is 1. The van der Waals surface area contributed by atoms with Crippen molar-refractivity contribution in [1.82, 2.24) is 5.32 Å². The molecule has 0 aliphatic heterocycles. The molecule has 0 bridgehead atoms. The molecule has 0 aromatic heterocycles. The van der Waals surface area contributed by atoms with Gasteiger partial charge in [0.1, 0.15) is 6.10 Å². The average Bonchev–Trinajstić information content (AvgIpc) is 3.20. The van der Waals surface area contributed by atoms with Crippen LogP contribution in [0, 0.1) is 0 Å². The Labute approximate surface area is 355 Å². The van der Waals surface area contributed by atoms with Gasteiger partial charge >= 0.3 is 5.97 Å². The maximum Gasteiger partial charge on any atom is 0.306 e. The van der Waals surface area contributed by atoms with Crippen LogP contribution in [-0.2, 0) is 14.3 Å². The minimum absolute atomic E-state index is 0.0736. The van der Waals surface area contributed by atoms with Crippen LogP contribution in [0.1, 0.15) is 278 Å². The van der Waals surface area contributed by atoms with Crippen molar-refractivity contribution >= 4 is 11.9 Å². The van der Waals surface area contributed by atoms with Crippen molar-refractivity contribution in [3.05, 3.63) is 12.2 Å². The largest absolute Gasteiger partial charge is 0.462 e. The van der Waals surface area contributed by atoms with Crippen LogP contribution >= 0.6 is 0 Å². The van der Waals surface area contributed by atoms with Crippen molar-refractivity contribution in [2.24, 2.45) is 0 Å². The second-order valence-electron chi connectivity index (χ2n) is 17.6. The first-order chi connectivity index (χ1) is 28.0. The summed E-state index contributed by atoms with van der Waals surface area (Å²) in [6.07, 6.45) is 49.9. The highest BCUT2D eigenvalue weighted by Crippen LogP contribution is 2.18. The molecule has 3 N–H and O–H groups in total. The topological polar surface area (TPSA) is 95.9 Å². The van der Waals surface area contributed by atoms with E-state index in [9.17, 15) is 19.8 Å². The normalized spacial score (nSPS) is 13.3. The molecule has 0 heterocycles. The molecule has 0 rings (SSSR count). The number of unbranched alkanes of at least 4 members (excludes halogenated alkanes) is 32. The predicted molar refractivity (Wildman–Crippen MR) is 246 cm³/mol. The fraction of sp³-hybridized carbons (Fsp3) is 0.922. The summed E-state index contributed by atoms with van der Waals surface area (Å²) >= 11 is 0. The SMILES string of the molecule is CCCCCCCCC/C=C/CCCCCC(CC(=O)NC(CO)C(O)CCCCCCCCCCC)OC(=O)CCCCCCCCCCCCCCCCC. The zero-order chi connectivity index (χ0) is 41.7. The fourth-order valence-electron chi connectivity index (χ4n) is 7.96. The molecule has 0 spiro atoms. The van der Waals surface area contributed by atoms with E-state index in [4.69, 9.17) is 4.74 Å². The second kappa shape index (κ2) is 45.7. The number of aliphatic hydroxyl groups is 2. The van der Waals surface area contributed by atoms with Crippen LogP contribution in [0.25, 0.3) is 0 Å². The van der Waals surface area contributed by atoms with Crippen LogP contribution < -0.4 is 5.32 Å². The Morgan fingerprint density at radius 1 is 0.491 bits per heavy atom. The average molecular weight is 806 g/mol. The van der Waals surface area contributed by atoms with E-state index in [1.165, 1.54) is 167 Å². The Morgan fingerprint density at radius 3 is 1.26 bits per heavy atom.